The number of piperidine rings is 1. The van der Waals surface area contributed by atoms with Gasteiger partial charge in [0.25, 0.3) is 0 Å². The van der Waals surface area contributed by atoms with E-state index in [4.69, 9.17) is 4.98 Å². The lowest BCUT2D eigenvalue weighted by Crippen LogP contribution is -2.37. The fourth-order valence-electron chi connectivity index (χ4n) is 5.63. The molecule has 0 spiro atoms. The summed E-state index contributed by atoms with van der Waals surface area (Å²) in [4.78, 5) is 29.7. The van der Waals surface area contributed by atoms with Crippen molar-refractivity contribution in [3.63, 3.8) is 0 Å². The Kier molecular flexibility index (Phi) is 7.21. The summed E-state index contributed by atoms with van der Waals surface area (Å²) in [7, 11) is 0. The quantitative estimate of drug-likeness (QED) is 0.599. The lowest BCUT2D eigenvalue weighted by molar-refractivity contribution is -0.117. The Bertz CT molecular complexity index is 1080. The van der Waals surface area contributed by atoms with Gasteiger partial charge in [-0.15, -0.1) is 0 Å². The molecule has 11 heteroatoms. The van der Waals surface area contributed by atoms with Gasteiger partial charge in [0, 0.05) is 63.4 Å². The molecule has 2 N–H and O–H groups in total. The Balaban J connectivity index is 1.31. The zero-order chi connectivity index (χ0) is 25.4. The molecule has 2 fully saturated rings. The molecule has 1 amide bonds. The molecule has 2 aromatic heterocycles. The molecular weight excluding hydrogens is 468 g/mol. The largest absolute Gasteiger partial charge is 0.392 e. The number of aliphatic hydroxyl groups is 1. The summed E-state index contributed by atoms with van der Waals surface area (Å²) in [5.41, 5.74) is 1.43. The smallest absolute Gasteiger partial charge is 0.246 e. The van der Waals surface area contributed by atoms with Crippen LogP contribution in [0, 0.1) is 0 Å². The summed E-state index contributed by atoms with van der Waals surface area (Å²) in [6.45, 7) is 8.98. The molecule has 0 radical (unpaired) electrons. The third kappa shape index (κ3) is 5.08. The van der Waals surface area contributed by atoms with Crippen LogP contribution in [-0.2, 0) is 11.3 Å². The molecule has 2 saturated heterocycles. The SMILES string of the molecule is CC(C)c1cn(CCN2CC[C@H](O)C2)c(C2CCN(c3ncnc4c3[C@H](C(F)F)CC(=O)N4)CC2)n1. The Labute approximate surface area is 209 Å². The van der Waals surface area contributed by atoms with Gasteiger partial charge in [-0.3, -0.25) is 9.69 Å². The summed E-state index contributed by atoms with van der Waals surface area (Å²) in [6, 6.07) is 0. The van der Waals surface area contributed by atoms with Crippen molar-refractivity contribution in [1.82, 2.24) is 24.4 Å². The summed E-state index contributed by atoms with van der Waals surface area (Å²) >= 11 is 0. The van der Waals surface area contributed by atoms with Crippen LogP contribution in [0.2, 0.25) is 0 Å². The molecule has 0 unspecified atom stereocenters. The van der Waals surface area contributed by atoms with Crippen molar-refractivity contribution in [3.8, 4) is 0 Å². The van der Waals surface area contributed by atoms with Crippen LogP contribution < -0.4 is 10.2 Å². The first-order valence-electron chi connectivity index (χ1n) is 12.9. The van der Waals surface area contributed by atoms with E-state index in [0.29, 0.717) is 30.4 Å². The van der Waals surface area contributed by atoms with E-state index in [9.17, 15) is 18.7 Å². The van der Waals surface area contributed by atoms with Crippen LogP contribution in [-0.4, -0.2) is 80.7 Å². The molecule has 9 nitrogen and oxygen atoms in total. The number of carbonyl (C=O) groups excluding carboxylic acids is 1. The maximum absolute atomic E-state index is 13.8. The van der Waals surface area contributed by atoms with E-state index in [1.807, 2.05) is 4.90 Å². The molecule has 3 aliphatic rings. The number of β-amino-alcohol motifs (C(OH)–C–C–N with tert-alkyl or cyclic N) is 1. The van der Waals surface area contributed by atoms with Crippen LogP contribution in [0.25, 0.3) is 0 Å². The molecule has 196 valence electrons. The number of halogens is 2. The minimum atomic E-state index is -2.66. The number of fused-ring (bicyclic) bond motifs is 1. The molecule has 5 rings (SSSR count). The van der Waals surface area contributed by atoms with Crippen molar-refractivity contribution in [1.29, 1.82) is 0 Å². The van der Waals surface area contributed by atoms with Crippen molar-refractivity contribution in [2.75, 3.05) is 42.9 Å². The van der Waals surface area contributed by atoms with Crippen LogP contribution >= 0.6 is 0 Å². The number of aromatic nitrogens is 4. The van der Waals surface area contributed by atoms with Crippen molar-refractivity contribution in [2.24, 2.45) is 0 Å². The van der Waals surface area contributed by atoms with E-state index in [1.165, 1.54) is 6.33 Å². The first-order chi connectivity index (χ1) is 17.3. The maximum Gasteiger partial charge on any atom is 0.246 e. The van der Waals surface area contributed by atoms with E-state index < -0.39 is 18.3 Å². The fourth-order valence-corrected chi connectivity index (χ4v) is 5.63. The third-order valence-electron chi connectivity index (χ3n) is 7.68. The molecule has 36 heavy (non-hydrogen) atoms. The number of nitrogens with one attached hydrogen (secondary N) is 1. The molecule has 0 bridgehead atoms. The second kappa shape index (κ2) is 10.4. The van der Waals surface area contributed by atoms with Crippen LogP contribution in [0.1, 0.15) is 74.4 Å². The summed E-state index contributed by atoms with van der Waals surface area (Å²) in [6.07, 6.45) is 2.86. The highest BCUT2D eigenvalue weighted by Gasteiger charge is 2.37. The Morgan fingerprint density at radius 1 is 1.14 bits per heavy atom. The molecule has 0 aromatic carbocycles. The molecule has 3 aliphatic heterocycles. The van der Waals surface area contributed by atoms with E-state index in [-0.39, 0.29) is 24.3 Å². The summed E-state index contributed by atoms with van der Waals surface area (Å²) in [5, 5.41) is 12.5. The highest BCUT2D eigenvalue weighted by atomic mass is 19.3. The minimum absolute atomic E-state index is 0.202. The molecule has 2 atom stereocenters. The van der Waals surface area contributed by atoms with Crippen molar-refractivity contribution >= 4 is 17.5 Å². The van der Waals surface area contributed by atoms with Gasteiger partial charge in [0.2, 0.25) is 12.3 Å². The van der Waals surface area contributed by atoms with E-state index in [1.54, 1.807) is 0 Å². The van der Waals surface area contributed by atoms with Gasteiger partial charge in [-0.1, -0.05) is 13.8 Å². The first kappa shape index (κ1) is 25.0. The average molecular weight is 504 g/mol. The van der Waals surface area contributed by atoms with Gasteiger partial charge in [-0.05, 0) is 25.2 Å². The lowest BCUT2D eigenvalue weighted by atomic mass is 9.91. The van der Waals surface area contributed by atoms with Gasteiger partial charge in [0.1, 0.15) is 23.8 Å². The number of imidazole rings is 1. The van der Waals surface area contributed by atoms with Gasteiger partial charge >= 0.3 is 0 Å². The third-order valence-corrected chi connectivity index (χ3v) is 7.68. The molecular formula is C25H35F2N7O2. The Hall–Kier alpha value is -2.66. The highest BCUT2D eigenvalue weighted by Crippen LogP contribution is 2.41. The lowest BCUT2D eigenvalue weighted by Gasteiger charge is -2.36. The molecule has 5 heterocycles. The maximum atomic E-state index is 13.8. The second-order valence-electron chi connectivity index (χ2n) is 10.5. The number of nitrogens with zero attached hydrogens (tertiary/aromatic N) is 6. The van der Waals surface area contributed by atoms with Crippen molar-refractivity contribution in [3.05, 3.63) is 29.6 Å². The Morgan fingerprint density at radius 2 is 1.92 bits per heavy atom. The number of aliphatic hydroxyl groups excluding tert-OH is 1. The van der Waals surface area contributed by atoms with E-state index >= 15 is 0 Å². The predicted molar refractivity (Wildman–Crippen MR) is 132 cm³/mol. The molecule has 0 aliphatic carbocycles. The number of hydrogen-bond acceptors (Lipinski definition) is 7. The first-order valence-corrected chi connectivity index (χ1v) is 12.9. The number of hydrogen-bond donors (Lipinski definition) is 2. The monoisotopic (exact) mass is 503 g/mol. The van der Waals surface area contributed by atoms with Crippen LogP contribution in [0.4, 0.5) is 20.4 Å². The van der Waals surface area contributed by atoms with E-state index in [0.717, 1.165) is 57.0 Å². The van der Waals surface area contributed by atoms with E-state index in [2.05, 4.69) is 44.8 Å². The zero-order valence-corrected chi connectivity index (χ0v) is 20.9. The minimum Gasteiger partial charge on any atom is -0.392 e. The summed E-state index contributed by atoms with van der Waals surface area (Å²) < 4.78 is 30.0. The standard InChI is InChI=1S/C25H35F2N7O2/c1-15(2)19-13-34(10-9-32-6-5-17(35)12-32)24(30-19)16-3-7-33(8-4-16)25-21-18(22(26)27)11-20(36)31-23(21)28-14-29-25/h13-18,22,35H,3-12H2,1-2H3,(H,28,29,31,36)/t17-,18+/m0/s1. The highest BCUT2D eigenvalue weighted by molar-refractivity contribution is 5.94. The zero-order valence-electron chi connectivity index (χ0n) is 20.9. The van der Waals surface area contributed by atoms with Gasteiger partial charge in [0.05, 0.1) is 17.7 Å². The Morgan fingerprint density at radius 3 is 2.58 bits per heavy atom. The van der Waals surface area contributed by atoms with Crippen LogP contribution in [0.5, 0.6) is 0 Å². The van der Waals surface area contributed by atoms with Gasteiger partial charge in [-0.25, -0.2) is 23.7 Å². The number of carbonyl (C=O) groups is 1. The number of alkyl halides is 2. The number of amides is 1. The predicted octanol–water partition coefficient (Wildman–Crippen LogP) is 2.94. The van der Waals surface area contributed by atoms with Crippen molar-refractivity contribution in [2.45, 2.75) is 76.4 Å². The van der Waals surface area contributed by atoms with Crippen LogP contribution in [0.3, 0.4) is 0 Å². The summed E-state index contributed by atoms with van der Waals surface area (Å²) in [5.74, 6) is 0.747. The van der Waals surface area contributed by atoms with Gasteiger partial charge in [0.15, 0.2) is 0 Å². The molecule has 0 saturated carbocycles. The normalized spacial score (nSPS) is 23.5. The average Bonchev–Trinajstić information content (AvgIpc) is 3.48. The number of likely N-dealkylation sites (tertiary alicyclic amines) is 1. The van der Waals surface area contributed by atoms with Crippen molar-refractivity contribution < 1.29 is 18.7 Å². The number of rotatable bonds is 7. The second-order valence-corrected chi connectivity index (χ2v) is 10.5. The topological polar surface area (TPSA) is 99.4 Å². The van der Waals surface area contributed by atoms with Gasteiger partial charge < -0.3 is 19.9 Å². The number of anilines is 2. The molecule has 2 aromatic rings. The van der Waals surface area contributed by atoms with Gasteiger partial charge in [-0.2, -0.15) is 0 Å². The fraction of sp³-hybridized carbons (Fsp3) is 0.680. The van der Waals surface area contributed by atoms with Crippen LogP contribution in [0.15, 0.2) is 12.5 Å².